The number of nitrogens with zero attached hydrogens (tertiary/aromatic N) is 1. The third-order valence-corrected chi connectivity index (χ3v) is 2.69. The van der Waals surface area contributed by atoms with E-state index in [1.807, 2.05) is 23.1 Å². The third-order valence-electron chi connectivity index (χ3n) is 2.69. The summed E-state index contributed by atoms with van der Waals surface area (Å²) >= 11 is 0. The van der Waals surface area contributed by atoms with Gasteiger partial charge >= 0.3 is 0 Å². The van der Waals surface area contributed by atoms with Crippen LogP contribution in [0.2, 0.25) is 0 Å². The topological polar surface area (TPSA) is 46.3 Å². The zero-order valence-electron chi connectivity index (χ0n) is 8.29. The molecule has 0 bridgehead atoms. The molecule has 1 aromatic carbocycles. The first-order chi connectivity index (χ1) is 6.66. The summed E-state index contributed by atoms with van der Waals surface area (Å²) in [7, 11) is 0. The van der Waals surface area contributed by atoms with Crippen molar-refractivity contribution >= 4 is 11.6 Å². The van der Waals surface area contributed by atoms with E-state index in [-0.39, 0.29) is 5.91 Å². The number of fused-ring (bicyclic) bond motifs is 1. The van der Waals surface area contributed by atoms with Gasteiger partial charge < -0.3 is 10.6 Å². The first-order valence-electron chi connectivity index (χ1n) is 4.79. The molecule has 1 amide bonds. The maximum absolute atomic E-state index is 11.2. The highest BCUT2D eigenvalue weighted by Gasteiger charge is 2.17. The fourth-order valence-electron chi connectivity index (χ4n) is 1.84. The van der Waals surface area contributed by atoms with Gasteiger partial charge in [0.2, 0.25) is 5.91 Å². The minimum atomic E-state index is 0.146. The first-order valence-corrected chi connectivity index (χ1v) is 4.79. The van der Waals surface area contributed by atoms with E-state index in [9.17, 15) is 4.79 Å². The maximum atomic E-state index is 11.2. The van der Waals surface area contributed by atoms with Crippen LogP contribution in [0.3, 0.4) is 0 Å². The van der Waals surface area contributed by atoms with Crippen molar-refractivity contribution in [2.45, 2.75) is 19.9 Å². The molecule has 0 aliphatic carbocycles. The molecular weight excluding hydrogens is 176 g/mol. The number of nitrogen functional groups attached to an aromatic ring is 1. The monoisotopic (exact) mass is 190 g/mol. The number of amides is 1. The summed E-state index contributed by atoms with van der Waals surface area (Å²) in [4.78, 5) is 13.0. The number of carbonyl (C=O) groups is 1. The van der Waals surface area contributed by atoms with Crippen LogP contribution in [-0.4, -0.2) is 17.4 Å². The Bertz CT molecular complexity index is 374. The van der Waals surface area contributed by atoms with Crippen LogP contribution < -0.4 is 5.73 Å². The molecule has 1 aromatic rings. The average Bonchev–Trinajstić information content (AvgIpc) is 2.16. The van der Waals surface area contributed by atoms with Gasteiger partial charge in [0, 0.05) is 25.7 Å². The number of nitrogens with two attached hydrogens (primary N) is 1. The number of hydrogen-bond donors (Lipinski definition) is 1. The van der Waals surface area contributed by atoms with E-state index in [1.165, 1.54) is 11.1 Å². The lowest BCUT2D eigenvalue weighted by molar-refractivity contribution is -0.129. The summed E-state index contributed by atoms with van der Waals surface area (Å²) < 4.78 is 0. The van der Waals surface area contributed by atoms with Gasteiger partial charge in [-0.3, -0.25) is 4.79 Å². The predicted octanol–water partition coefficient (Wildman–Crippen LogP) is 1.17. The number of rotatable bonds is 0. The third kappa shape index (κ3) is 1.58. The number of hydrogen-bond acceptors (Lipinski definition) is 2. The second kappa shape index (κ2) is 3.33. The lowest BCUT2D eigenvalue weighted by atomic mass is 9.99. The van der Waals surface area contributed by atoms with Gasteiger partial charge in [-0.15, -0.1) is 0 Å². The highest BCUT2D eigenvalue weighted by Crippen LogP contribution is 2.21. The van der Waals surface area contributed by atoms with Crippen LogP contribution >= 0.6 is 0 Å². The van der Waals surface area contributed by atoms with Crippen molar-refractivity contribution in [1.82, 2.24) is 4.90 Å². The minimum Gasteiger partial charge on any atom is -0.399 e. The fourth-order valence-corrected chi connectivity index (χ4v) is 1.84. The smallest absolute Gasteiger partial charge is 0.219 e. The molecule has 1 aliphatic rings. The molecule has 0 saturated carbocycles. The van der Waals surface area contributed by atoms with Crippen molar-refractivity contribution in [2.75, 3.05) is 12.3 Å². The van der Waals surface area contributed by atoms with Crippen LogP contribution in [0.25, 0.3) is 0 Å². The standard InChI is InChI=1S/C11H14N2O/c1-8(14)13-5-4-9-6-11(12)3-2-10(9)7-13/h2-3,6H,4-5,7,12H2,1H3. The van der Waals surface area contributed by atoms with Crippen molar-refractivity contribution in [3.05, 3.63) is 29.3 Å². The molecule has 0 radical (unpaired) electrons. The van der Waals surface area contributed by atoms with Gasteiger partial charge in [0.05, 0.1) is 0 Å². The van der Waals surface area contributed by atoms with Gasteiger partial charge in [-0.1, -0.05) is 6.07 Å². The largest absolute Gasteiger partial charge is 0.399 e. The minimum absolute atomic E-state index is 0.146. The molecule has 0 saturated heterocycles. The fraction of sp³-hybridized carbons (Fsp3) is 0.364. The van der Waals surface area contributed by atoms with E-state index in [0.29, 0.717) is 0 Å². The van der Waals surface area contributed by atoms with Crippen molar-refractivity contribution in [3.63, 3.8) is 0 Å². The molecular formula is C11H14N2O. The first kappa shape index (κ1) is 9.06. The molecule has 3 nitrogen and oxygen atoms in total. The van der Waals surface area contributed by atoms with Gasteiger partial charge in [0.15, 0.2) is 0 Å². The highest BCUT2D eigenvalue weighted by molar-refractivity contribution is 5.73. The highest BCUT2D eigenvalue weighted by atomic mass is 16.2. The van der Waals surface area contributed by atoms with E-state index in [0.717, 1.165) is 25.2 Å². The molecule has 2 N–H and O–H groups in total. The van der Waals surface area contributed by atoms with Crippen LogP contribution in [-0.2, 0) is 17.8 Å². The molecule has 74 valence electrons. The van der Waals surface area contributed by atoms with E-state index >= 15 is 0 Å². The van der Waals surface area contributed by atoms with E-state index in [4.69, 9.17) is 5.73 Å². The van der Waals surface area contributed by atoms with Gasteiger partial charge in [0.1, 0.15) is 0 Å². The second-order valence-corrected chi connectivity index (χ2v) is 3.72. The Balaban J connectivity index is 2.27. The van der Waals surface area contributed by atoms with Crippen molar-refractivity contribution in [3.8, 4) is 0 Å². The second-order valence-electron chi connectivity index (χ2n) is 3.72. The molecule has 1 aliphatic heterocycles. The Morgan fingerprint density at radius 2 is 2.21 bits per heavy atom. The van der Waals surface area contributed by atoms with Gasteiger partial charge in [0.25, 0.3) is 0 Å². The zero-order chi connectivity index (χ0) is 10.1. The lowest BCUT2D eigenvalue weighted by Crippen LogP contribution is -2.34. The molecule has 0 unspecified atom stereocenters. The van der Waals surface area contributed by atoms with Crippen LogP contribution in [0.5, 0.6) is 0 Å². The average molecular weight is 190 g/mol. The summed E-state index contributed by atoms with van der Waals surface area (Å²) in [5, 5.41) is 0. The Morgan fingerprint density at radius 1 is 1.43 bits per heavy atom. The summed E-state index contributed by atoms with van der Waals surface area (Å²) in [5.41, 5.74) is 9.00. The van der Waals surface area contributed by atoms with Crippen molar-refractivity contribution in [1.29, 1.82) is 0 Å². The van der Waals surface area contributed by atoms with Crippen LogP contribution in [0, 0.1) is 0 Å². The van der Waals surface area contributed by atoms with Crippen molar-refractivity contribution < 1.29 is 4.79 Å². The SMILES string of the molecule is CC(=O)N1CCc2cc(N)ccc2C1. The Hall–Kier alpha value is -1.51. The summed E-state index contributed by atoms with van der Waals surface area (Å²) in [5.74, 6) is 0.146. The Kier molecular flexibility index (Phi) is 2.15. The summed E-state index contributed by atoms with van der Waals surface area (Å²) in [6, 6.07) is 5.91. The maximum Gasteiger partial charge on any atom is 0.219 e. The molecule has 0 atom stereocenters. The molecule has 0 aromatic heterocycles. The Labute approximate surface area is 83.5 Å². The van der Waals surface area contributed by atoms with E-state index in [2.05, 4.69) is 0 Å². The molecule has 3 heteroatoms. The predicted molar refractivity (Wildman–Crippen MR) is 55.6 cm³/mol. The Morgan fingerprint density at radius 3 is 2.93 bits per heavy atom. The number of anilines is 1. The van der Waals surface area contributed by atoms with Crippen LogP contribution in [0.15, 0.2) is 18.2 Å². The van der Waals surface area contributed by atoms with Gasteiger partial charge in [-0.05, 0) is 29.7 Å². The summed E-state index contributed by atoms with van der Waals surface area (Å²) in [6.07, 6.45) is 0.917. The normalized spacial score (nSPS) is 15.1. The summed E-state index contributed by atoms with van der Waals surface area (Å²) in [6.45, 7) is 3.15. The van der Waals surface area contributed by atoms with Crippen molar-refractivity contribution in [2.24, 2.45) is 0 Å². The number of carbonyl (C=O) groups excluding carboxylic acids is 1. The lowest BCUT2D eigenvalue weighted by Gasteiger charge is -2.27. The zero-order valence-corrected chi connectivity index (χ0v) is 8.29. The van der Waals surface area contributed by atoms with Gasteiger partial charge in [-0.25, -0.2) is 0 Å². The molecule has 1 heterocycles. The van der Waals surface area contributed by atoms with E-state index in [1.54, 1.807) is 6.92 Å². The molecule has 0 fully saturated rings. The van der Waals surface area contributed by atoms with Crippen LogP contribution in [0.1, 0.15) is 18.1 Å². The van der Waals surface area contributed by atoms with E-state index < -0.39 is 0 Å². The quantitative estimate of drug-likeness (QED) is 0.624. The molecule has 0 spiro atoms. The molecule has 14 heavy (non-hydrogen) atoms. The number of benzene rings is 1. The molecule has 2 rings (SSSR count). The van der Waals surface area contributed by atoms with Crippen LogP contribution in [0.4, 0.5) is 5.69 Å². The van der Waals surface area contributed by atoms with Gasteiger partial charge in [-0.2, -0.15) is 0 Å².